The van der Waals surface area contributed by atoms with E-state index in [2.05, 4.69) is 11.7 Å². The fourth-order valence-corrected chi connectivity index (χ4v) is 5.27. The van der Waals surface area contributed by atoms with E-state index < -0.39 is 75.6 Å². The summed E-state index contributed by atoms with van der Waals surface area (Å²) in [6.07, 6.45) is -0.328. The SMILES string of the molecule is CCCCCC1COC(c2ccc(-c3cc(F)c(C=CC(F)(F)Oc4ccc(-c5cc(F)c(F)c(F)c5)c(F)c4)c(F)c3)c(F)c2)OC1. The van der Waals surface area contributed by atoms with Crippen LogP contribution < -0.4 is 4.74 Å². The number of alkyl halides is 2. The van der Waals surface area contributed by atoms with E-state index in [1.54, 1.807) is 0 Å². The van der Waals surface area contributed by atoms with Crippen LogP contribution in [0.4, 0.5) is 39.5 Å². The Hall–Kier alpha value is -4.29. The molecule has 0 radical (unpaired) electrons. The summed E-state index contributed by atoms with van der Waals surface area (Å²) in [5, 5.41) is 0. The number of benzene rings is 4. The first-order valence-corrected chi connectivity index (χ1v) is 15.1. The van der Waals surface area contributed by atoms with Gasteiger partial charge in [-0.3, -0.25) is 0 Å². The van der Waals surface area contributed by atoms with Gasteiger partial charge in [0.05, 0.1) is 13.2 Å². The minimum atomic E-state index is -4.21. The van der Waals surface area contributed by atoms with Gasteiger partial charge in [0.2, 0.25) is 0 Å². The maximum Gasteiger partial charge on any atom is 0.419 e. The highest BCUT2D eigenvalue weighted by molar-refractivity contribution is 5.68. The summed E-state index contributed by atoms with van der Waals surface area (Å²) >= 11 is 0. The molecule has 0 amide bonds. The second kappa shape index (κ2) is 14.9. The molecule has 0 atom stereocenters. The second-order valence-electron chi connectivity index (χ2n) is 11.3. The van der Waals surface area contributed by atoms with Crippen LogP contribution in [-0.4, -0.2) is 19.3 Å². The first-order chi connectivity index (χ1) is 22.8. The molecular formula is C36H29F9O3. The molecular weight excluding hydrogens is 651 g/mol. The third kappa shape index (κ3) is 8.22. The van der Waals surface area contributed by atoms with Gasteiger partial charge >= 0.3 is 6.11 Å². The van der Waals surface area contributed by atoms with Gasteiger partial charge in [0.1, 0.15) is 29.0 Å². The van der Waals surface area contributed by atoms with Crippen molar-refractivity contribution in [3.05, 3.63) is 119 Å². The first kappa shape index (κ1) is 35.0. The summed E-state index contributed by atoms with van der Waals surface area (Å²) in [5.41, 5.74) is -1.66. The van der Waals surface area contributed by atoms with Crippen molar-refractivity contribution in [2.24, 2.45) is 5.92 Å². The van der Waals surface area contributed by atoms with Gasteiger partial charge in [-0.15, -0.1) is 0 Å². The van der Waals surface area contributed by atoms with Crippen LogP contribution in [0.2, 0.25) is 0 Å². The topological polar surface area (TPSA) is 27.7 Å². The highest BCUT2D eigenvalue weighted by Gasteiger charge is 2.29. The summed E-state index contributed by atoms with van der Waals surface area (Å²) < 4.78 is 145. The van der Waals surface area contributed by atoms with Crippen LogP contribution in [-0.2, 0) is 9.47 Å². The quantitative estimate of drug-likeness (QED) is 0.0897. The number of ether oxygens (including phenoxy) is 3. The Morgan fingerprint density at radius 1 is 0.708 bits per heavy atom. The Bertz CT molecular complexity index is 1750. The summed E-state index contributed by atoms with van der Waals surface area (Å²) in [5.74, 6) is -10.0. The van der Waals surface area contributed by atoms with Crippen molar-refractivity contribution in [2.75, 3.05) is 13.2 Å². The van der Waals surface area contributed by atoms with E-state index in [1.807, 2.05) is 0 Å². The zero-order chi connectivity index (χ0) is 34.6. The van der Waals surface area contributed by atoms with E-state index in [9.17, 15) is 35.1 Å². The molecule has 1 heterocycles. The molecule has 1 aliphatic rings. The van der Waals surface area contributed by atoms with E-state index >= 15 is 4.39 Å². The molecule has 1 fully saturated rings. The predicted octanol–water partition coefficient (Wildman–Crippen LogP) is 10.9. The number of hydrogen-bond donors (Lipinski definition) is 0. The van der Waals surface area contributed by atoms with Crippen molar-refractivity contribution in [2.45, 2.75) is 45.0 Å². The van der Waals surface area contributed by atoms with Crippen molar-refractivity contribution in [1.82, 2.24) is 0 Å². The molecule has 0 bridgehead atoms. The molecule has 0 aliphatic carbocycles. The summed E-state index contributed by atoms with van der Waals surface area (Å²) in [6, 6.07) is 8.79. The van der Waals surface area contributed by atoms with Crippen LogP contribution >= 0.6 is 0 Å². The zero-order valence-electron chi connectivity index (χ0n) is 25.5. The highest BCUT2D eigenvalue weighted by atomic mass is 19.3. The minimum absolute atomic E-state index is 0.0264. The molecule has 4 aromatic carbocycles. The average molecular weight is 681 g/mol. The van der Waals surface area contributed by atoms with Crippen LogP contribution in [0.1, 0.15) is 50.0 Å². The van der Waals surface area contributed by atoms with E-state index in [1.165, 1.54) is 12.1 Å². The lowest BCUT2D eigenvalue weighted by atomic mass is 9.99. The summed E-state index contributed by atoms with van der Waals surface area (Å²) in [6.45, 7) is 3.03. The first-order valence-electron chi connectivity index (χ1n) is 15.1. The Labute approximate surface area is 270 Å². The van der Waals surface area contributed by atoms with Crippen molar-refractivity contribution in [3.63, 3.8) is 0 Å². The van der Waals surface area contributed by atoms with E-state index in [-0.39, 0.29) is 23.1 Å². The highest BCUT2D eigenvalue weighted by Crippen LogP contribution is 2.34. The van der Waals surface area contributed by atoms with Crippen LogP contribution in [0.25, 0.3) is 28.3 Å². The fraction of sp³-hybridized carbons (Fsp3) is 0.278. The van der Waals surface area contributed by atoms with Crippen molar-refractivity contribution < 1.29 is 53.7 Å². The van der Waals surface area contributed by atoms with E-state index in [0.717, 1.165) is 56.0 Å². The molecule has 5 rings (SSSR count). The van der Waals surface area contributed by atoms with Crippen LogP contribution in [0.3, 0.4) is 0 Å². The van der Waals surface area contributed by atoms with Gasteiger partial charge in [-0.1, -0.05) is 38.3 Å². The Morgan fingerprint density at radius 3 is 1.83 bits per heavy atom. The zero-order valence-corrected chi connectivity index (χ0v) is 25.5. The Morgan fingerprint density at radius 2 is 1.27 bits per heavy atom. The largest absolute Gasteiger partial charge is 0.429 e. The van der Waals surface area contributed by atoms with Crippen LogP contribution in [0, 0.1) is 46.6 Å². The molecule has 0 unspecified atom stereocenters. The van der Waals surface area contributed by atoms with Crippen molar-refractivity contribution in [1.29, 1.82) is 0 Å². The number of halogens is 9. The van der Waals surface area contributed by atoms with Gasteiger partial charge < -0.3 is 14.2 Å². The number of hydrogen-bond acceptors (Lipinski definition) is 3. The van der Waals surface area contributed by atoms with Crippen LogP contribution in [0.15, 0.2) is 66.7 Å². The van der Waals surface area contributed by atoms with E-state index in [4.69, 9.17) is 9.47 Å². The third-order valence-corrected chi connectivity index (χ3v) is 7.77. The fourth-order valence-electron chi connectivity index (χ4n) is 5.27. The lowest BCUT2D eigenvalue weighted by molar-refractivity contribution is -0.206. The van der Waals surface area contributed by atoms with Crippen molar-refractivity contribution >= 4 is 6.08 Å². The molecule has 0 saturated carbocycles. The predicted molar refractivity (Wildman–Crippen MR) is 160 cm³/mol. The maximum atomic E-state index is 15.1. The van der Waals surface area contributed by atoms with Gasteiger partial charge in [-0.25, -0.2) is 30.7 Å². The summed E-state index contributed by atoms with van der Waals surface area (Å²) in [4.78, 5) is 0. The molecule has 3 nitrogen and oxygen atoms in total. The molecule has 0 spiro atoms. The van der Waals surface area contributed by atoms with Gasteiger partial charge in [-0.2, -0.15) is 8.78 Å². The standard InChI is InChI=1S/C36H29F9O3/c1-2-3-4-5-20-18-46-35(47-19-20)21-6-8-25(28(37)12-21)22-13-29(38)27(30(39)14-22)10-11-36(44,45)48-24-7-9-26(31(40)17-24)23-15-32(41)34(43)33(42)16-23/h6-17,20,35H,2-5,18-19H2,1H3. The summed E-state index contributed by atoms with van der Waals surface area (Å²) in [7, 11) is 0. The Balaban J connectivity index is 1.26. The van der Waals surface area contributed by atoms with E-state index in [0.29, 0.717) is 43.1 Å². The number of rotatable bonds is 11. The molecule has 1 aliphatic heterocycles. The molecule has 0 N–H and O–H groups in total. The average Bonchev–Trinajstić information content (AvgIpc) is 3.03. The lowest BCUT2D eigenvalue weighted by Crippen LogP contribution is -2.27. The molecule has 1 saturated heterocycles. The molecule has 0 aromatic heterocycles. The van der Waals surface area contributed by atoms with Gasteiger partial charge in [0.25, 0.3) is 0 Å². The minimum Gasteiger partial charge on any atom is -0.429 e. The maximum absolute atomic E-state index is 15.1. The van der Waals surface area contributed by atoms with Gasteiger partial charge in [-0.05, 0) is 66.1 Å². The van der Waals surface area contributed by atoms with Crippen LogP contribution in [0.5, 0.6) is 5.75 Å². The molecule has 12 heteroatoms. The molecule has 48 heavy (non-hydrogen) atoms. The smallest absolute Gasteiger partial charge is 0.419 e. The Kier molecular flexibility index (Phi) is 10.8. The monoisotopic (exact) mass is 680 g/mol. The van der Waals surface area contributed by atoms with Gasteiger partial charge in [0.15, 0.2) is 23.7 Å². The van der Waals surface area contributed by atoms with Gasteiger partial charge in [0, 0.05) is 40.3 Å². The van der Waals surface area contributed by atoms with Crippen molar-refractivity contribution in [3.8, 4) is 28.0 Å². The lowest BCUT2D eigenvalue weighted by Gasteiger charge is -2.29. The molecule has 254 valence electrons. The normalized spacial score (nSPS) is 16.9. The second-order valence-corrected chi connectivity index (χ2v) is 11.3. The third-order valence-electron chi connectivity index (χ3n) is 7.77. The molecule has 4 aromatic rings. The number of unbranched alkanes of at least 4 members (excludes halogenated alkanes) is 2.